The van der Waals surface area contributed by atoms with Crippen molar-refractivity contribution in [3.05, 3.63) is 88.4 Å². The molecule has 2 aromatic carbocycles. The Morgan fingerprint density at radius 3 is 2.78 bits per heavy atom. The quantitative estimate of drug-likeness (QED) is 0.604. The van der Waals surface area contributed by atoms with E-state index in [1.165, 1.54) is 6.08 Å². The fourth-order valence-electron chi connectivity index (χ4n) is 2.74. The smallest absolute Gasteiger partial charge is 0.244 e. The van der Waals surface area contributed by atoms with Gasteiger partial charge >= 0.3 is 0 Å². The largest absolute Gasteiger partial charge is 0.497 e. The first-order valence-electron chi connectivity index (χ1n) is 8.43. The third-order valence-electron chi connectivity index (χ3n) is 4.15. The van der Waals surface area contributed by atoms with Gasteiger partial charge in [0.15, 0.2) is 0 Å². The summed E-state index contributed by atoms with van der Waals surface area (Å²) in [4.78, 5) is 17.0. The molecule has 27 heavy (non-hydrogen) atoms. The molecule has 1 N–H and O–H groups in total. The third kappa shape index (κ3) is 4.65. The number of nitrogens with zero attached hydrogens (tertiary/aromatic N) is 2. The van der Waals surface area contributed by atoms with Gasteiger partial charge in [0.25, 0.3) is 0 Å². The van der Waals surface area contributed by atoms with Crippen LogP contribution in [0, 0.1) is 0 Å². The molecular weight excluding hydrogens is 406 g/mol. The number of aryl methyl sites for hydroxylation is 1. The van der Waals surface area contributed by atoms with E-state index in [0.29, 0.717) is 0 Å². The second-order valence-corrected chi connectivity index (χ2v) is 6.82. The normalized spacial score (nSPS) is 12.1. The molecule has 1 heterocycles. The van der Waals surface area contributed by atoms with E-state index in [0.717, 1.165) is 27.2 Å². The van der Waals surface area contributed by atoms with E-state index in [1.807, 2.05) is 66.3 Å². The van der Waals surface area contributed by atoms with Crippen molar-refractivity contribution in [3.8, 4) is 5.75 Å². The highest BCUT2D eigenvalue weighted by atomic mass is 79.9. The van der Waals surface area contributed by atoms with Crippen LogP contribution in [0.4, 0.5) is 0 Å². The van der Waals surface area contributed by atoms with E-state index in [9.17, 15) is 4.79 Å². The molecule has 1 unspecified atom stereocenters. The van der Waals surface area contributed by atoms with Crippen molar-refractivity contribution < 1.29 is 9.53 Å². The maximum atomic E-state index is 12.6. The van der Waals surface area contributed by atoms with Crippen molar-refractivity contribution in [1.82, 2.24) is 14.9 Å². The highest BCUT2D eigenvalue weighted by molar-refractivity contribution is 9.10. The summed E-state index contributed by atoms with van der Waals surface area (Å²) in [6.45, 7) is 0. The number of nitrogens with one attached hydrogen (secondary N) is 1. The molecule has 138 valence electrons. The summed E-state index contributed by atoms with van der Waals surface area (Å²) in [5.74, 6) is 1.26. The Morgan fingerprint density at radius 1 is 1.26 bits per heavy atom. The molecule has 0 aliphatic heterocycles. The second kappa shape index (κ2) is 8.68. The van der Waals surface area contributed by atoms with Crippen molar-refractivity contribution >= 4 is 27.9 Å². The van der Waals surface area contributed by atoms with E-state index < -0.39 is 6.04 Å². The lowest BCUT2D eigenvalue weighted by Gasteiger charge is -2.19. The summed E-state index contributed by atoms with van der Waals surface area (Å²) in [6.07, 6.45) is 6.87. The van der Waals surface area contributed by atoms with Gasteiger partial charge < -0.3 is 14.6 Å². The predicted molar refractivity (Wildman–Crippen MR) is 109 cm³/mol. The summed E-state index contributed by atoms with van der Waals surface area (Å²) < 4.78 is 8.14. The van der Waals surface area contributed by atoms with Crippen LogP contribution < -0.4 is 10.1 Å². The first-order chi connectivity index (χ1) is 13.1. The van der Waals surface area contributed by atoms with Gasteiger partial charge in [-0.15, -0.1) is 0 Å². The highest BCUT2D eigenvalue weighted by Gasteiger charge is 2.20. The van der Waals surface area contributed by atoms with Crippen LogP contribution in [0.1, 0.15) is 23.0 Å². The van der Waals surface area contributed by atoms with E-state index in [1.54, 1.807) is 19.4 Å². The van der Waals surface area contributed by atoms with E-state index >= 15 is 0 Å². The lowest BCUT2D eigenvalue weighted by atomic mass is 10.1. The number of benzene rings is 2. The standard InChI is InChI=1S/C21H20BrN3O2/c1-25-13-12-23-21(25)20(16-7-5-8-17(14-16)27-2)24-19(26)11-10-15-6-3-4-9-18(15)22/h3-14,20H,1-2H3,(H,24,26)/b11-10+. The van der Waals surface area contributed by atoms with Gasteiger partial charge in [0.2, 0.25) is 5.91 Å². The van der Waals surface area contributed by atoms with Gasteiger partial charge in [-0.2, -0.15) is 0 Å². The molecule has 0 saturated carbocycles. The van der Waals surface area contributed by atoms with Gasteiger partial charge in [0.05, 0.1) is 7.11 Å². The van der Waals surface area contributed by atoms with Crippen molar-refractivity contribution in [2.75, 3.05) is 7.11 Å². The Kier molecular flexibility index (Phi) is 6.08. The number of ether oxygens (including phenoxy) is 1. The SMILES string of the molecule is COc1cccc(C(NC(=O)/C=C/c2ccccc2Br)c2nccn2C)c1. The van der Waals surface area contributed by atoms with Crippen LogP contribution in [0.3, 0.4) is 0 Å². The first-order valence-corrected chi connectivity index (χ1v) is 9.22. The molecule has 0 fully saturated rings. The van der Waals surface area contributed by atoms with E-state index in [2.05, 4.69) is 26.2 Å². The minimum Gasteiger partial charge on any atom is -0.497 e. The molecule has 1 amide bonds. The summed E-state index contributed by atoms with van der Waals surface area (Å²) in [5, 5.41) is 3.04. The van der Waals surface area contributed by atoms with Crippen LogP contribution in [0.25, 0.3) is 6.08 Å². The molecule has 5 nitrogen and oxygen atoms in total. The Bertz CT molecular complexity index is 965. The zero-order valence-electron chi connectivity index (χ0n) is 15.1. The fraction of sp³-hybridized carbons (Fsp3) is 0.143. The van der Waals surface area contributed by atoms with E-state index in [-0.39, 0.29) is 5.91 Å². The summed E-state index contributed by atoms with van der Waals surface area (Å²) in [5.41, 5.74) is 1.83. The summed E-state index contributed by atoms with van der Waals surface area (Å²) in [7, 11) is 3.52. The first kappa shape index (κ1) is 18.9. The molecule has 0 spiro atoms. The number of imidazole rings is 1. The molecule has 1 aromatic heterocycles. The number of hydrogen-bond acceptors (Lipinski definition) is 3. The Morgan fingerprint density at radius 2 is 2.07 bits per heavy atom. The van der Waals surface area contributed by atoms with Gasteiger partial charge in [-0.1, -0.05) is 46.3 Å². The minimum atomic E-state index is -0.392. The topological polar surface area (TPSA) is 56.1 Å². The molecule has 6 heteroatoms. The molecule has 0 saturated heterocycles. The van der Waals surface area contributed by atoms with Crippen LogP contribution in [0.15, 0.2) is 71.5 Å². The average molecular weight is 426 g/mol. The highest BCUT2D eigenvalue weighted by Crippen LogP contribution is 2.24. The number of hydrogen-bond donors (Lipinski definition) is 1. The number of carbonyl (C=O) groups excluding carboxylic acids is 1. The molecule has 0 bridgehead atoms. The molecule has 3 rings (SSSR count). The monoisotopic (exact) mass is 425 g/mol. The van der Waals surface area contributed by atoms with Crippen LogP contribution in [-0.4, -0.2) is 22.6 Å². The van der Waals surface area contributed by atoms with Gasteiger partial charge in [-0.25, -0.2) is 4.98 Å². The van der Waals surface area contributed by atoms with Gasteiger partial charge in [0, 0.05) is 30.0 Å². The summed E-state index contributed by atoms with van der Waals surface area (Å²) >= 11 is 3.48. The number of methoxy groups -OCH3 is 1. The summed E-state index contributed by atoms with van der Waals surface area (Å²) in [6, 6.07) is 14.9. The van der Waals surface area contributed by atoms with Crippen molar-refractivity contribution in [3.63, 3.8) is 0 Å². The lowest BCUT2D eigenvalue weighted by Crippen LogP contribution is -2.29. The average Bonchev–Trinajstić information content (AvgIpc) is 3.11. The van der Waals surface area contributed by atoms with Gasteiger partial charge in [-0.05, 0) is 35.4 Å². The maximum absolute atomic E-state index is 12.6. The number of rotatable bonds is 6. The van der Waals surface area contributed by atoms with Crippen molar-refractivity contribution in [1.29, 1.82) is 0 Å². The molecule has 0 radical (unpaired) electrons. The predicted octanol–water partition coefficient (Wildman–Crippen LogP) is 4.11. The fourth-order valence-corrected chi connectivity index (χ4v) is 3.16. The number of aromatic nitrogens is 2. The van der Waals surface area contributed by atoms with Crippen LogP contribution >= 0.6 is 15.9 Å². The number of halogens is 1. The zero-order valence-corrected chi connectivity index (χ0v) is 16.7. The van der Waals surface area contributed by atoms with Crippen molar-refractivity contribution in [2.45, 2.75) is 6.04 Å². The minimum absolute atomic E-state index is 0.207. The lowest BCUT2D eigenvalue weighted by molar-refractivity contribution is -0.117. The van der Waals surface area contributed by atoms with E-state index in [4.69, 9.17) is 4.74 Å². The Balaban J connectivity index is 1.86. The molecule has 3 aromatic rings. The van der Waals surface area contributed by atoms with Gasteiger partial charge in [0.1, 0.15) is 17.6 Å². The number of amides is 1. The Labute approximate surface area is 166 Å². The molecule has 0 aliphatic carbocycles. The second-order valence-electron chi connectivity index (χ2n) is 5.97. The third-order valence-corrected chi connectivity index (χ3v) is 4.87. The van der Waals surface area contributed by atoms with Crippen LogP contribution in [0.2, 0.25) is 0 Å². The molecule has 1 atom stereocenters. The Hall–Kier alpha value is -2.86. The van der Waals surface area contributed by atoms with Crippen molar-refractivity contribution in [2.24, 2.45) is 7.05 Å². The van der Waals surface area contributed by atoms with Gasteiger partial charge in [-0.3, -0.25) is 4.79 Å². The number of carbonyl (C=O) groups is 1. The maximum Gasteiger partial charge on any atom is 0.244 e. The molecular formula is C21H20BrN3O2. The van der Waals surface area contributed by atoms with Crippen LogP contribution in [-0.2, 0) is 11.8 Å². The molecule has 0 aliphatic rings. The van der Waals surface area contributed by atoms with Crippen LogP contribution in [0.5, 0.6) is 5.75 Å². The zero-order chi connectivity index (χ0) is 19.2.